The predicted molar refractivity (Wildman–Crippen MR) is 134 cm³/mol. The molecule has 0 saturated carbocycles. The van der Waals surface area contributed by atoms with Gasteiger partial charge in [0.05, 0.1) is 31.1 Å². The lowest BCUT2D eigenvalue weighted by molar-refractivity contribution is -0.0501. The minimum atomic E-state index is -6.16. The Morgan fingerprint density at radius 1 is 1.20 bits per heavy atom. The number of morpholine rings is 1. The van der Waals surface area contributed by atoms with Crippen LogP contribution < -0.4 is 14.6 Å². The van der Waals surface area contributed by atoms with Crippen LogP contribution in [-0.4, -0.2) is 57.8 Å². The molecule has 0 amide bonds. The molecule has 5 rings (SSSR count). The van der Waals surface area contributed by atoms with Gasteiger partial charge in [0.25, 0.3) is 5.56 Å². The summed E-state index contributed by atoms with van der Waals surface area (Å²) in [7, 11) is -4.41. The Hall–Kier alpha value is -3.76. The van der Waals surface area contributed by atoms with Gasteiger partial charge in [0.2, 0.25) is 5.88 Å². The summed E-state index contributed by atoms with van der Waals surface area (Å²) >= 11 is 5.88. The zero-order valence-corrected chi connectivity index (χ0v) is 22.3. The molecule has 1 aromatic carbocycles. The Labute approximate surface area is 228 Å². The summed E-state index contributed by atoms with van der Waals surface area (Å²) in [6, 6.07) is 3.57. The van der Waals surface area contributed by atoms with Gasteiger partial charge in [0.1, 0.15) is 23.4 Å². The highest BCUT2D eigenvalue weighted by atomic mass is 35.5. The fraction of sp³-hybridized carbons (Fsp3) is 0.304. The van der Waals surface area contributed by atoms with Gasteiger partial charge in [-0.25, -0.2) is 9.37 Å². The van der Waals surface area contributed by atoms with Crippen LogP contribution in [0.3, 0.4) is 0 Å². The molecular formula is C23H19ClF4N6O5S. The molecule has 0 N–H and O–H groups in total. The molecule has 1 aliphatic heterocycles. The van der Waals surface area contributed by atoms with Crippen molar-refractivity contribution >= 4 is 33.2 Å². The van der Waals surface area contributed by atoms with Crippen molar-refractivity contribution in [2.24, 2.45) is 7.05 Å². The second kappa shape index (κ2) is 10.0. The van der Waals surface area contributed by atoms with Crippen molar-refractivity contribution in [3.63, 3.8) is 0 Å². The van der Waals surface area contributed by atoms with E-state index in [1.807, 2.05) is 0 Å². The fourth-order valence-corrected chi connectivity index (χ4v) is 4.73. The number of hydrogen-bond acceptors (Lipinski definition) is 9. The van der Waals surface area contributed by atoms with E-state index in [1.165, 1.54) is 18.3 Å². The number of benzene rings is 1. The molecule has 0 bridgehead atoms. The molecule has 1 saturated heterocycles. The standard InChI is InChI=1S/C23H19ClF4N6O5S/c1-12-21(39-40(36,37)23(26,27)28)31-20-19(15-4-3-14(24)7-16(15)25)30-18(11-34(20)22(12)35)33-5-6-38-17(10-33)13-8-29-32(2)9-13/h3-4,7-9,11,17H,5-6,10H2,1-2H3/t17-/m1/s1. The minimum absolute atomic E-state index is 0.0514. The summed E-state index contributed by atoms with van der Waals surface area (Å²) in [5, 5.41) is 4.19. The highest BCUT2D eigenvalue weighted by Crippen LogP contribution is 2.33. The maximum absolute atomic E-state index is 15.1. The summed E-state index contributed by atoms with van der Waals surface area (Å²) in [6.45, 7) is 1.94. The maximum Gasteiger partial charge on any atom is 0.534 e. The third-order valence-electron chi connectivity index (χ3n) is 6.12. The second-order valence-electron chi connectivity index (χ2n) is 8.85. The van der Waals surface area contributed by atoms with Gasteiger partial charge < -0.3 is 13.8 Å². The van der Waals surface area contributed by atoms with Crippen molar-refractivity contribution in [1.29, 1.82) is 0 Å². The monoisotopic (exact) mass is 602 g/mol. The number of rotatable bonds is 5. The second-order valence-corrected chi connectivity index (χ2v) is 10.8. The lowest BCUT2D eigenvalue weighted by Crippen LogP contribution is -2.39. The highest BCUT2D eigenvalue weighted by Gasteiger charge is 2.49. The van der Waals surface area contributed by atoms with E-state index in [0.29, 0.717) is 6.54 Å². The Bertz CT molecular complexity index is 1790. The Morgan fingerprint density at radius 2 is 1.95 bits per heavy atom. The van der Waals surface area contributed by atoms with E-state index in [-0.39, 0.29) is 35.2 Å². The Kier molecular flexibility index (Phi) is 6.96. The zero-order valence-electron chi connectivity index (χ0n) is 20.7. The molecule has 0 unspecified atom stereocenters. The van der Waals surface area contributed by atoms with Gasteiger partial charge in [-0.05, 0) is 25.1 Å². The molecule has 0 radical (unpaired) electrons. The molecule has 4 aromatic rings. The van der Waals surface area contributed by atoms with Crippen LogP contribution >= 0.6 is 11.6 Å². The SMILES string of the molecule is Cc1c(OS(=O)(=O)C(F)(F)F)nc2c(-c3ccc(Cl)cc3F)nc(N3CCO[C@@H](c4cnn(C)c4)C3)cn2c1=O. The van der Waals surface area contributed by atoms with Crippen LogP contribution in [0.15, 0.2) is 41.6 Å². The van der Waals surface area contributed by atoms with Crippen molar-refractivity contribution < 1.29 is 34.9 Å². The lowest BCUT2D eigenvalue weighted by atomic mass is 10.1. The normalized spacial score (nSPS) is 16.5. The molecule has 17 heteroatoms. The summed E-state index contributed by atoms with van der Waals surface area (Å²) < 4.78 is 90.0. The van der Waals surface area contributed by atoms with Crippen molar-refractivity contribution in [2.75, 3.05) is 24.6 Å². The molecule has 0 spiro atoms. The van der Waals surface area contributed by atoms with E-state index >= 15 is 4.39 Å². The van der Waals surface area contributed by atoms with Crippen LogP contribution in [0.4, 0.5) is 23.4 Å². The van der Waals surface area contributed by atoms with Crippen molar-refractivity contribution in [3.8, 4) is 17.1 Å². The number of hydrogen-bond donors (Lipinski definition) is 0. The largest absolute Gasteiger partial charge is 0.534 e. The third-order valence-corrected chi connectivity index (χ3v) is 7.30. The first-order valence-electron chi connectivity index (χ1n) is 11.5. The molecule has 40 heavy (non-hydrogen) atoms. The number of aryl methyl sites for hydroxylation is 1. The number of ether oxygens (including phenoxy) is 1. The van der Waals surface area contributed by atoms with Gasteiger partial charge >= 0.3 is 15.6 Å². The minimum Gasteiger partial charge on any atom is -0.370 e. The van der Waals surface area contributed by atoms with Crippen LogP contribution in [0.25, 0.3) is 16.9 Å². The van der Waals surface area contributed by atoms with Crippen LogP contribution in [0.2, 0.25) is 5.02 Å². The van der Waals surface area contributed by atoms with Gasteiger partial charge in [-0.3, -0.25) is 13.9 Å². The quantitative estimate of drug-likeness (QED) is 0.192. The summed E-state index contributed by atoms with van der Waals surface area (Å²) in [5.41, 5.74) is -7.36. The summed E-state index contributed by atoms with van der Waals surface area (Å²) in [6.07, 6.45) is 4.30. The fourth-order valence-electron chi connectivity index (χ4n) is 4.11. The van der Waals surface area contributed by atoms with Crippen molar-refractivity contribution in [2.45, 2.75) is 18.5 Å². The molecule has 0 aliphatic carbocycles. The first kappa shape index (κ1) is 27.8. The van der Waals surface area contributed by atoms with Gasteiger partial charge in [-0.15, -0.1) is 0 Å². The van der Waals surface area contributed by atoms with Crippen LogP contribution in [-0.2, 0) is 21.9 Å². The summed E-state index contributed by atoms with van der Waals surface area (Å²) in [5.74, 6) is -1.78. The topological polar surface area (TPSA) is 121 Å². The number of aromatic nitrogens is 5. The number of anilines is 1. The van der Waals surface area contributed by atoms with Crippen LogP contribution in [0.5, 0.6) is 5.88 Å². The molecule has 1 fully saturated rings. The molecule has 11 nitrogen and oxygen atoms in total. The first-order valence-corrected chi connectivity index (χ1v) is 13.3. The van der Waals surface area contributed by atoms with E-state index in [0.717, 1.165) is 23.0 Å². The average molecular weight is 603 g/mol. The molecule has 4 heterocycles. The smallest absolute Gasteiger partial charge is 0.370 e. The zero-order chi connectivity index (χ0) is 29.0. The van der Waals surface area contributed by atoms with E-state index in [4.69, 9.17) is 16.3 Å². The van der Waals surface area contributed by atoms with E-state index in [2.05, 4.69) is 19.2 Å². The van der Waals surface area contributed by atoms with E-state index in [9.17, 15) is 26.4 Å². The maximum atomic E-state index is 15.1. The third kappa shape index (κ3) is 5.09. The Morgan fingerprint density at radius 3 is 2.60 bits per heavy atom. The molecular weight excluding hydrogens is 584 g/mol. The van der Waals surface area contributed by atoms with Gasteiger partial charge in [-0.2, -0.15) is 31.7 Å². The van der Waals surface area contributed by atoms with Crippen LogP contribution in [0, 0.1) is 12.7 Å². The number of nitrogens with zero attached hydrogens (tertiary/aromatic N) is 6. The number of alkyl halides is 3. The van der Waals surface area contributed by atoms with Gasteiger partial charge in [-0.1, -0.05) is 11.6 Å². The van der Waals surface area contributed by atoms with Gasteiger partial charge in [0.15, 0.2) is 5.65 Å². The average Bonchev–Trinajstić information content (AvgIpc) is 3.32. The lowest BCUT2D eigenvalue weighted by Gasteiger charge is -2.33. The highest BCUT2D eigenvalue weighted by molar-refractivity contribution is 7.87. The first-order chi connectivity index (χ1) is 18.7. The predicted octanol–water partition coefficient (Wildman–Crippen LogP) is 3.40. The van der Waals surface area contributed by atoms with Crippen molar-refractivity contribution in [1.82, 2.24) is 24.1 Å². The van der Waals surface area contributed by atoms with Crippen molar-refractivity contribution in [3.05, 3.63) is 69.1 Å². The van der Waals surface area contributed by atoms with Gasteiger partial charge in [0, 0.05) is 35.9 Å². The molecule has 1 atom stereocenters. The van der Waals surface area contributed by atoms with E-state index in [1.54, 1.807) is 29.0 Å². The Balaban J connectivity index is 1.69. The van der Waals surface area contributed by atoms with E-state index < -0.39 is 50.2 Å². The molecule has 1 aliphatic rings. The molecule has 3 aromatic heterocycles. The summed E-state index contributed by atoms with van der Waals surface area (Å²) in [4.78, 5) is 23.4. The molecule has 212 valence electrons. The number of halogens is 5. The number of fused-ring (bicyclic) bond motifs is 1. The van der Waals surface area contributed by atoms with Crippen LogP contribution in [0.1, 0.15) is 17.2 Å².